The Morgan fingerprint density at radius 2 is 2.17 bits per heavy atom. The summed E-state index contributed by atoms with van der Waals surface area (Å²) in [5, 5.41) is 0. The van der Waals surface area contributed by atoms with Crippen molar-refractivity contribution in [2.75, 3.05) is 26.7 Å². The van der Waals surface area contributed by atoms with Crippen LogP contribution in [0, 0.1) is 0 Å². The van der Waals surface area contributed by atoms with Crippen LogP contribution in [-0.4, -0.2) is 42.5 Å². The summed E-state index contributed by atoms with van der Waals surface area (Å²) in [5.41, 5.74) is 1.41. The van der Waals surface area contributed by atoms with Crippen LogP contribution in [0.5, 0.6) is 0 Å². The first kappa shape index (κ1) is 14.0. The topological polar surface area (TPSA) is 6.48 Å². The van der Waals surface area contributed by atoms with E-state index < -0.39 is 0 Å². The summed E-state index contributed by atoms with van der Waals surface area (Å²) in [6.07, 6.45) is 2.51. The van der Waals surface area contributed by atoms with E-state index in [1.165, 1.54) is 42.5 Å². The molecule has 2 rings (SSSR count). The fraction of sp³-hybridized carbons (Fsp3) is 0.600. The molecule has 3 heteroatoms. The minimum absolute atomic E-state index is 0.691. The number of hydrogen-bond acceptors (Lipinski definition) is 2. The molecule has 1 heterocycles. The molecule has 1 aromatic rings. The average Bonchev–Trinajstić information content (AvgIpc) is 2.51. The van der Waals surface area contributed by atoms with Gasteiger partial charge in [0, 0.05) is 30.1 Å². The van der Waals surface area contributed by atoms with Gasteiger partial charge >= 0.3 is 0 Å². The van der Waals surface area contributed by atoms with Gasteiger partial charge in [0.25, 0.3) is 0 Å². The Hall–Kier alpha value is -0.380. The summed E-state index contributed by atoms with van der Waals surface area (Å²) < 4.78 is 1.18. The van der Waals surface area contributed by atoms with Gasteiger partial charge in [-0.2, -0.15) is 0 Å². The molecule has 1 aromatic carbocycles. The SMILES string of the molecule is CCC1CN(C)CCCN1Cc1cccc(Br)c1. The van der Waals surface area contributed by atoms with Crippen LogP contribution in [0.3, 0.4) is 0 Å². The molecule has 1 fully saturated rings. The van der Waals surface area contributed by atoms with Crippen LogP contribution in [0.4, 0.5) is 0 Å². The average molecular weight is 311 g/mol. The predicted octanol–water partition coefficient (Wildman–Crippen LogP) is 3.37. The molecule has 1 atom stereocenters. The highest BCUT2D eigenvalue weighted by molar-refractivity contribution is 9.10. The second-order valence-electron chi connectivity index (χ2n) is 5.28. The maximum atomic E-state index is 3.56. The Balaban J connectivity index is 2.06. The van der Waals surface area contributed by atoms with E-state index in [2.05, 4.69) is 64.0 Å². The van der Waals surface area contributed by atoms with Gasteiger partial charge in [-0.15, -0.1) is 0 Å². The Morgan fingerprint density at radius 3 is 2.89 bits per heavy atom. The molecule has 0 N–H and O–H groups in total. The molecule has 1 unspecified atom stereocenters. The van der Waals surface area contributed by atoms with Crippen molar-refractivity contribution in [1.29, 1.82) is 0 Å². The first-order valence-corrected chi connectivity index (χ1v) is 7.65. The van der Waals surface area contributed by atoms with Gasteiger partial charge in [0.1, 0.15) is 0 Å². The van der Waals surface area contributed by atoms with Gasteiger partial charge in [-0.3, -0.25) is 4.90 Å². The minimum Gasteiger partial charge on any atom is -0.305 e. The van der Waals surface area contributed by atoms with E-state index in [-0.39, 0.29) is 0 Å². The standard InChI is InChI=1S/C15H23BrN2/c1-3-15-12-17(2)8-5-9-18(15)11-13-6-4-7-14(16)10-13/h4,6-7,10,15H,3,5,8-9,11-12H2,1-2H3. The van der Waals surface area contributed by atoms with Crippen LogP contribution < -0.4 is 0 Å². The van der Waals surface area contributed by atoms with Crippen LogP contribution in [0.25, 0.3) is 0 Å². The highest BCUT2D eigenvalue weighted by Crippen LogP contribution is 2.18. The molecule has 1 aliphatic heterocycles. The van der Waals surface area contributed by atoms with E-state index >= 15 is 0 Å². The third kappa shape index (κ3) is 3.81. The molecular weight excluding hydrogens is 288 g/mol. The fourth-order valence-corrected chi connectivity index (χ4v) is 3.20. The molecule has 0 radical (unpaired) electrons. The van der Waals surface area contributed by atoms with Crippen molar-refractivity contribution in [3.05, 3.63) is 34.3 Å². The van der Waals surface area contributed by atoms with Crippen molar-refractivity contribution in [3.8, 4) is 0 Å². The predicted molar refractivity (Wildman–Crippen MR) is 80.7 cm³/mol. The summed E-state index contributed by atoms with van der Waals surface area (Å²) in [6, 6.07) is 9.38. The van der Waals surface area contributed by atoms with Crippen molar-refractivity contribution in [3.63, 3.8) is 0 Å². The third-order valence-electron chi connectivity index (χ3n) is 3.77. The summed E-state index contributed by atoms with van der Waals surface area (Å²) in [6.45, 7) is 7.02. The zero-order valence-corrected chi connectivity index (χ0v) is 13.0. The van der Waals surface area contributed by atoms with Gasteiger partial charge in [0.2, 0.25) is 0 Å². The lowest BCUT2D eigenvalue weighted by atomic mass is 10.1. The third-order valence-corrected chi connectivity index (χ3v) is 4.26. The molecule has 0 amide bonds. The van der Waals surface area contributed by atoms with Crippen molar-refractivity contribution in [1.82, 2.24) is 9.80 Å². The molecule has 0 bridgehead atoms. The number of hydrogen-bond donors (Lipinski definition) is 0. The van der Waals surface area contributed by atoms with Crippen molar-refractivity contribution in [2.45, 2.75) is 32.4 Å². The summed E-state index contributed by atoms with van der Waals surface area (Å²) >= 11 is 3.56. The molecule has 2 nitrogen and oxygen atoms in total. The number of rotatable bonds is 3. The monoisotopic (exact) mass is 310 g/mol. The van der Waals surface area contributed by atoms with Crippen LogP contribution in [0.1, 0.15) is 25.3 Å². The zero-order chi connectivity index (χ0) is 13.0. The number of benzene rings is 1. The molecule has 100 valence electrons. The number of likely N-dealkylation sites (N-methyl/N-ethyl adjacent to an activating group) is 1. The quantitative estimate of drug-likeness (QED) is 0.844. The lowest BCUT2D eigenvalue weighted by Crippen LogP contribution is -2.39. The maximum absolute atomic E-state index is 3.56. The second-order valence-corrected chi connectivity index (χ2v) is 6.19. The molecule has 0 saturated carbocycles. The summed E-state index contributed by atoms with van der Waals surface area (Å²) in [7, 11) is 2.24. The molecule has 1 aliphatic rings. The van der Waals surface area contributed by atoms with Gasteiger partial charge in [-0.05, 0) is 44.1 Å². The number of halogens is 1. The van der Waals surface area contributed by atoms with E-state index in [4.69, 9.17) is 0 Å². The van der Waals surface area contributed by atoms with Gasteiger partial charge in [-0.25, -0.2) is 0 Å². The molecule has 18 heavy (non-hydrogen) atoms. The largest absolute Gasteiger partial charge is 0.305 e. The smallest absolute Gasteiger partial charge is 0.0237 e. The molecule has 0 aromatic heterocycles. The van der Waals surface area contributed by atoms with Crippen molar-refractivity contribution in [2.24, 2.45) is 0 Å². The van der Waals surface area contributed by atoms with Crippen LogP contribution in [-0.2, 0) is 6.54 Å². The van der Waals surface area contributed by atoms with E-state index in [1.807, 2.05) is 0 Å². The molecule has 0 spiro atoms. The Kier molecular flexibility index (Phi) is 5.22. The van der Waals surface area contributed by atoms with E-state index in [0.717, 1.165) is 6.54 Å². The highest BCUT2D eigenvalue weighted by atomic mass is 79.9. The van der Waals surface area contributed by atoms with Crippen molar-refractivity contribution >= 4 is 15.9 Å². The zero-order valence-electron chi connectivity index (χ0n) is 11.4. The lowest BCUT2D eigenvalue weighted by molar-refractivity contribution is 0.176. The van der Waals surface area contributed by atoms with Gasteiger partial charge in [-0.1, -0.05) is 35.0 Å². The van der Waals surface area contributed by atoms with Crippen molar-refractivity contribution < 1.29 is 0 Å². The Morgan fingerprint density at radius 1 is 1.33 bits per heavy atom. The van der Waals surface area contributed by atoms with Crippen LogP contribution >= 0.6 is 15.9 Å². The van der Waals surface area contributed by atoms with E-state index in [1.54, 1.807) is 0 Å². The van der Waals surface area contributed by atoms with Crippen LogP contribution in [0.2, 0.25) is 0 Å². The Labute approximate surface area is 119 Å². The molecule has 1 saturated heterocycles. The Bertz CT molecular complexity index is 381. The fourth-order valence-electron chi connectivity index (χ4n) is 2.76. The molecule has 0 aliphatic carbocycles. The van der Waals surface area contributed by atoms with Gasteiger partial charge < -0.3 is 4.90 Å². The van der Waals surface area contributed by atoms with Crippen LogP contribution in [0.15, 0.2) is 28.7 Å². The summed E-state index contributed by atoms with van der Waals surface area (Å²) in [4.78, 5) is 5.11. The van der Waals surface area contributed by atoms with Gasteiger partial charge in [0.15, 0.2) is 0 Å². The second kappa shape index (κ2) is 6.69. The van der Waals surface area contributed by atoms with E-state index in [0.29, 0.717) is 6.04 Å². The van der Waals surface area contributed by atoms with E-state index in [9.17, 15) is 0 Å². The maximum Gasteiger partial charge on any atom is 0.0237 e. The normalized spacial score (nSPS) is 22.9. The summed E-state index contributed by atoms with van der Waals surface area (Å²) in [5.74, 6) is 0. The highest BCUT2D eigenvalue weighted by Gasteiger charge is 2.21. The lowest BCUT2D eigenvalue weighted by Gasteiger charge is -2.30. The van der Waals surface area contributed by atoms with Gasteiger partial charge in [0.05, 0.1) is 0 Å². The molecular formula is C15H23BrN2. The number of nitrogens with zero attached hydrogens (tertiary/aromatic N) is 2. The first-order valence-electron chi connectivity index (χ1n) is 6.86. The first-order chi connectivity index (χ1) is 8.69. The minimum atomic E-state index is 0.691.